The van der Waals surface area contributed by atoms with Crippen LogP contribution in [0.2, 0.25) is 0 Å². The highest BCUT2D eigenvalue weighted by Crippen LogP contribution is 2.25. The van der Waals surface area contributed by atoms with Crippen LogP contribution in [0.1, 0.15) is 26.3 Å². The minimum absolute atomic E-state index is 0.0950. The van der Waals surface area contributed by atoms with Crippen molar-refractivity contribution in [2.24, 2.45) is 4.40 Å². The fourth-order valence-electron chi connectivity index (χ4n) is 3.12. The highest BCUT2D eigenvalue weighted by molar-refractivity contribution is 7.90. The molecule has 0 radical (unpaired) electrons. The minimum atomic E-state index is -4.17. The second kappa shape index (κ2) is 8.00. The SMILES string of the molecule is O=C([O-])c1ccc(S(=O)(=O)N=C2C=C(Nc3ccccc3)C(=O)c3ccccc32)cc1. The van der Waals surface area contributed by atoms with Crippen LogP contribution in [0, 0.1) is 0 Å². The van der Waals surface area contributed by atoms with Crippen LogP contribution >= 0.6 is 0 Å². The number of rotatable bonds is 5. The lowest BCUT2D eigenvalue weighted by atomic mass is 9.92. The lowest BCUT2D eigenvalue weighted by Crippen LogP contribution is -2.23. The number of allylic oxidation sites excluding steroid dienone is 2. The van der Waals surface area contributed by atoms with Crippen molar-refractivity contribution in [1.82, 2.24) is 0 Å². The summed E-state index contributed by atoms with van der Waals surface area (Å²) >= 11 is 0. The molecule has 4 rings (SSSR count). The monoisotopic (exact) mass is 431 g/mol. The number of anilines is 1. The Hall–Kier alpha value is -4.04. The number of hydrogen-bond donors (Lipinski definition) is 1. The number of hydrogen-bond acceptors (Lipinski definition) is 6. The Morgan fingerprint density at radius 3 is 2.10 bits per heavy atom. The fraction of sp³-hybridized carbons (Fsp3) is 0. The first kappa shape index (κ1) is 20.2. The van der Waals surface area contributed by atoms with Gasteiger partial charge in [0.1, 0.15) is 0 Å². The van der Waals surface area contributed by atoms with E-state index < -0.39 is 16.0 Å². The Bertz CT molecular complexity index is 1340. The molecule has 1 aliphatic rings. The Balaban J connectivity index is 1.79. The van der Waals surface area contributed by atoms with Gasteiger partial charge in [-0.05, 0) is 35.9 Å². The smallest absolute Gasteiger partial charge is 0.282 e. The molecule has 1 N–H and O–H groups in total. The quantitative estimate of drug-likeness (QED) is 0.663. The Morgan fingerprint density at radius 1 is 0.839 bits per heavy atom. The van der Waals surface area contributed by atoms with Gasteiger partial charge in [0, 0.05) is 16.8 Å². The molecule has 8 heteroatoms. The molecule has 1 aliphatic carbocycles. The molecule has 0 heterocycles. The van der Waals surface area contributed by atoms with Crippen LogP contribution in [0.5, 0.6) is 0 Å². The van der Waals surface area contributed by atoms with Gasteiger partial charge in [-0.2, -0.15) is 12.8 Å². The topological polar surface area (TPSA) is 116 Å². The van der Waals surface area contributed by atoms with Gasteiger partial charge in [0.2, 0.25) is 5.78 Å². The van der Waals surface area contributed by atoms with E-state index in [1.54, 1.807) is 48.5 Å². The number of fused-ring (bicyclic) bond motifs is 1. The van der Waals surface area contributed by atoms with Crippen molar-refractivity contribution in [3.8, 4) is 0 Å². The number of carbonyl (C=O) groups excluding carboxylic acids is 2. The number of Topliss-reactive ketones (excluding diaryl/α,β-unsaturated/α-hetero) is 1. The van der Waals surface area contributed by atoms with Crippen LogP contribution in [0.25, 0.3) is 0 Å². The first-order valence-electron chi connectivity index (χ1n) is 9.19. The molecule has 0 aliphatic heterocycles. The number of nitrogens with zero attached hydrogens (tertiary/aromatic N) is 1. The number of carboxylic acids is 1. The number of nitrogens with one attached hydrogen (secondary N) is 1. The van der Waals surface area contributed by atoms with Gasteiger partial charge >= 0.3 is 0 Å². The standard InChI is InChI=1S/C23H16N2O5S/c26-22-19-9-5-4-8-18(19)20(14-21(22)24-16-6-2-1-3-7-16)25-31(29,30)17-12-10-15(11-13-17)23(27)28/h1-14,24H,(H,27,28)/p-1. The van der Waals surface area contributed by atoms with Crippen molar-refractivity contribution in [3.63, 3.8) is 0 Å². The molecular weight excluding hydrogens is 416 g/mol. The molecule has 0 fully saturated rings. The lowest BCUT2D eigenvalue weighted by molar-refractivity contribution is -0.255. The summed E-state index contributed by atoms with van der Waals surface area (Å²) in [7, 11) is -4.17. The maximum absolute atomic E-state index is 12.9. The predicted molar refractivity (Wildman–Crippen MR) is 113 cm³/mol. The van der Waals surface area contributed by atoms with E-state index in [4.69, 9.17) is 0 Å². The Morgan fingerprint density at radius 2 is 1.45 bits per heavy atom. The van der Waals surface area contributed by atoms with E-state index in [1.165, 1.54) is 6.08 Å². The maximum atomic E-state index is 12.9. The highest BCUT2D eigenvalue weighted by Gasteiger charge is 2.26. The number of ketones is 1. The van der Waals surface area contributed by atoms with E-state index >= 15 is 0 Å². The van der Waals surface area contributed by atoms with Crippen LogP contribution in [0.15, 0.2) is 99.9 Å². The number of para-hydroxylation sites is 1. The molecule has 0 saturated carbocycles. The molecule has 0 unspecified atom stereocenters. The third-order valence-electron chi connectivity index (χ3n) is 4.63. The number of benzene rings is 3. The molecule has 0 saturated heterocycles. The van der Waals surface area contributed by atoms with Gasteiger partial charge in [0.05, 0.1) is 22.3 Å². The van der Waals surface area contributed by atoms with Crippen molar-refractivity contribution in [1.29, 1.82) is 0 Å². The summed E-state index contributed by atoms with van der Waals surface area (Å²) in [6.07, 6.45) is 1.39. The van der Waals surface area contributed by atoms with Crippen LogP contribution < -0.4 is 10.4 Å². The van der Waals surface area contributed by atoms with Crippen LogP contribution in [0.4, 0.5) is 5.69 Å². The van der Waals surface area contributed by atoms with Gasteiger partial charge in [-0.15, -0.1) is 0 Å². The second-order valence-electron chi connectivity index (χ2n) is 6.69. The average Bonchev–Trinajstić information content (AvgIpc) is 2.77. The summed E-state index contributed by atoms with van der Waals surface area (Å²) in [5.74, 6) is -1.69. The first-order valence-corrected chi connectivity index (χ1v) is 10.6. The van der Waals surface area contributed by atoms with Gasteiger partial charge in [0.25, 0.3) is 10.0 Å². The normalized spacial score (nSPS) is 14.6. The molecule has 0 aromatic heterocycles. The summed E-state index contributed by atoms with van der Waals surface area (Å²) in [5.41, 5.74) is 1.52. The van der Waals surface area contributed by atoms with Crippen molar-refractivity contribution in [2.45, 2.75) is 4.90 Å². The number of carboxylic acid groups (broad SMARTS) is 1. The van der Waals surface area contributed by atoms with Gasteiger partial charge in [-0.25, -0.2) is 0 Å². The van der Waals surface area contributed by atoms with Crippen LogP contribution in [-0.2, 0) is 10.0 Å². The summed E-state index contributed by atoms with van der Waals surface area (Å²) < 4.78 is 29.6. The minimum Gasteiger partial charge on any atom is -0.545 e. The van der Waals surface area contributed by atoms with E-state index in [9.17, 15) is 23.1 Å². The molecule has 0 atom stereocenters. The molecule has 3 aromatic rings. The summed E-state index contributed by atoms with van der Waals surface area (Å²) in [6.45, 7) is 0. The van der Waals surface area contributed by atoms with Crippen molar-refractivity contribution >= 4 is 33.2 Å². The fourth-order valence-corrected chi connectivity index (χ4v) is 4.12. The number of carbonyl (C=O) groups is 2. The lowest BCUT2D eigenvalue weighted by Gasteiger charge is -2.18. The number of aromatic carboxylic acids is 1. The third-order valence-corrected chi connectivity index (χ3v) is 5.94. The van der Waals surface area contributed by atoms with Crippen LogP contribution in [-0.4, -0.2) is 25.9 Å². The molecule has 0 bridgehead atoms. The van der Waals surface area contributed by atoms with Gasteiger partial charge in [-0.1, -0.05) is 54.6 Å². The van der Waals surface area contributed by atoms with Crippen molar-refractivity contribution < 1.29 is 23.1 Å². The molecule has 154 valence electrons. The van der Waals surface area contributed by atoms with Crippen molar-refractivity contribution in [2.75, 3.05) is 5.32 Å². The number of sulfonamides is 1. The molecule has 7 nitrogen and oxygen atoms in total. The third kappa shape index (κ3) is 4.15. The maximum Gasteiger partial charge on any atom is 0.282 e. The zero-order chi connectivity index (χ0) is 22.0. The molecule has 31 heavy (non-hydrogen) atoms. The van der Waals surface area contributed by atoms with Crippen molar-refractivity contribution in [3.05, 3.63) is 107 Å². The van der Waals surface area contributed by atoms with E-state index in [1.807, 2.05) is 6.07 Å². The predicted octanol–water partition coefficient (Wildman–Crippen LogP) is 2.42. The molecule has 3 aromatic carbocycles. The Kier molecular flexibility index (Phi) is 5.22. The average molecular weight is 431 g/mol. The Labute approximate surface area is 178 Å². The van der Waals surface area contributed by atoms with E-state index in [0.29, 0.717) is 16.8 Å². The molecular formula is C23H15N2O5S-. The first-order chi connectivity index (χ1) is 14.8. The highest BCUT2D eigenvalue weighted by atomic mass is 32.2. The second-order valence-corrected chi connectivity index (χ2v) is 8.29. The van der Waals surface area contributed by atoms with Crippen LogP contribution in [0.3, 0.4) is 0 Å². The van der Waals surface area contributed by atoms with E-state index in [2.05, 4.69) is 9.71 Å². The van der Waals surface area contributed by atoms with Gasteiger partial charge < -0.3 is 15.2 Å². The zero-order valence-electron chi connectivity index (χ0n) is 16.0. The largest absolute Gasteiger partial charge is 0.545 e. The van der Waals surface area contributed by atoms with Gasteiger partial charge in [-0.3, -0.25) is 4.79 Å². The molecule has 0 amide bonds. The zero-order valence-corrected chi connectivity index (χ0v) is 16.8. The molecule has 0 spiro atoms. The summed E-state index contributed by atoms with van der Waals surface area (Å²) in [5, 5.41) is 13.9. The van der Waals surface area contributed by atoms with E-state index in [0.717, 1.165) is 24.3 Å². The summed E-state index contributed by atoms with van der Waals surface area (Å²) in [4.78, 5) is 23.6. The van der Waals surface area contributed by atoms with E-state index in [-0.39, 0.29) is 27.7 Å². The summed E-state index contributed by atoms with van der Waals surface area (Å²) in [6, 6.07) is 20.2. The van der Waals surface area contributed by atoms with Gasteiger partial charge in [0.15, 0.2) is 0 Å².